The number of likely N-dealkylation sites (tertiary alicyclic amines) is 1. The van der Waals surface area contributed by atoms with Gasteiger partial charge in [0.2, 0.25) is 0 Å². The van der Waals surface area contributed by atoms with E-state index in [9.17, 15) is 4.79 Å². The fourth-order valence-corrected chi connectivity index (χ4v) is 2.74. The maximum Gasteiger partial charge on any atom is 0.304 e. The molecule has 19 heavy (non-hydrogen) atoms. The number of nitrogens with zero attached hydrogens (tertiary/aromatic N) is 2. The van der Waals surface area contributed by atoms with E-state index in [2.05, 4.69) is 4.90 Å². The molecule has 1 heterocycles. The number of hydrogen-bond acceptors (Lipinski definition) is 3. The van der Waals surface area contributed by atoms with Crippen LogP contribution in [0.1, 0.15) is 30.4 Å². The van der Waals surface area contributed by atoms with E-state index in [0.717, 1.165) is 24.9 Å². The summed E-state index contributed by atoms with van der Waals surface area (Å²) in [7, 11) is 0. The van der Waals surface area contributed by atoms with Crippen molar-refractivity contribution in [1.82, 2.24) is 4.90 Å². The molecule has 1 aromatic rings. The van der Waals surface area contributed by atoms with Crippen molar-refractivity contribution in [1.29, 1.82) is 5.26 Å². The Morgan fingerprint density at radius 3 is 3.00 bits per heavy atom. The normalized spacial score (nSPS) is 19.3. The van der Waals surface area contributed by atoms with Crippen molar-refractivity contribution in [2.24, 2.45) is 0 Å². The van der Waals surface area contributed by atoms with Gasteiger partial charge in [-0.3, -0.25) is 9.69 Å². The van der Waals surface area contributed by atoms with Gasteiger partial charge in [-0.2, -0.15) is 5.26 Å². The molecule has 100 valence electrons. The van der Waals surface area contributed by atoms with E-state index in [-0.39, 0.29) is 12.5 Å². The van der Waals surface area contributed by atoms with E-state index < -0.39 is 5.97 Å². The van der Waals surface area contributed by atoms with E-state index in [0.29, 0.717) is 17.1 Å². The summed E-state index contributed by atoms with van der Waals surface area (Å²) < 4.78 is 0. The largest absolute Gasteiger partial charge is 0.481 e. The van der Waals surface area contributed by atoms with Gasteiger partial charge in [-0.25, -0.2) is 0 Å². The Kier molecular flexibility index (Phi) is 4.41. The van der Waals surface area contributed by atoms with Gasteiger partial charge in [0.05, 0.1) is 18.1 Å². The van der Waals surface area contributed by atoms with Gasteiger partial charge in [0, 0.05) is 17.6 Å². The molecule has 0 radical (unpaired) electrons. The number of carboxylic acid groups (broad SMARTS) is 1. The average Bonchev–Trinajstić information content (AvgIpc) is 2.78. The molecule has 5 heteroatoms. The highest BCUT2D eigenvalue weighted by Crippen LogP contribution is 2.26. The van der Waals surface area contributed by atoms with Crippen LogP contribution >= 0.6 is 11.6 Å². The number of halogens is 1. The first-order chi connectivity index (χ1) is 9.10. The fraction of sp³-hybridized carbons (Fsp3) is 0.429. The Morgan fingerprint density at radius 1 is 1.58 bits per heavy atom. The van der Waals surface area contributed by atoms with E-state index in [1.165, 1.54) is 0 Å². The summed E-state index contributed by atoms with van der Waals surface area (Å²) in [4.78, 5) is 13.0. The molecule has 1 aromatic carbocycles. The van der Waals surface area contributed by atoms with Gasteiger partial charge in [-0.15, -0.1) is 0 Å². The highest BCUT2D eigenvalue weighted by atomic mass is 35.5. The highest BCUT2D eigenvalue weighted by molar-refractivity contribution is 6.31. The highest BCUT2D eigenvalue weighted by Gasteiger charge is 2.26. The maximum atomic E-state index is 10.8. The van der Waals surface area contributed by atoms with Crippen LogP contribution in [0.25, 0.3) is 0 Å². The van der Waals surface area contributed by atoms with E-state index >= 15 is 0 Å². The zero-order valence-electron chi connectivity index (χ0n) is 10.5. The third-order valence-electron chi connectivity index (χ3n) is 3.46. The van der Waals surface area contributed by atoms with Gasteiger partial charge in [0.15, 0.2) is 0 Å². The standard InChI is InChI=1S/C14H15ClN2O2/c15-13-6-10(8-16)3-4-11(13)9-17-5-1-2-12(17)7-14(18)19/h3-4,6,12H,1-2,5,7,9H2,(H,18,19). The Bertz CT molecular complexity index is 525. The summed E-state index contributed by atoms with van der Waals surface area (Å²) >= 11 is 6.15. The average molecular weight is 279 g/mol. The van der Waals surface area contributed by atoms with Gasteiger partial charge < -0.3 is 5.11 Å². The zero-order valence-corrected chi connectivity index (χ0v) is 11.2. The molecule has 0 amide bonds. The Hall–Kier alpha value is -1.57. The molecule has 1 N–H and O–H groups in total. The smallest absolute Gasteiger partial charge is 0.304 e. The second kappa shape index (κ2) is 6.05. The molecule has 0 aliphatic carbocycles. The van der Waals surface area contributed by atoms with Crippen molar-refractivity contribution >= 4 is 17.6 Å². The summed E-state index contributed by atoms with van der Waals surface area (Å²) in [5.74, 6) is -0.761. The van der Waals surface area contributed by atoms with Gasteiger partial charge in [0.25, 0.3) is 0 Å². The van der Waals surface area contributed by atoms with Crippen LogP contribution in [0.4, 0.5) is 0 Å². The van der Waals surface area contributed by atoms with Crippen LogP contribution in [-0.4, -0.2) is 28.6 Å². The lowest BCUT2D eigenvalue weighted by Crippen LogP contribution is -2.30. The molecule has 1 aliphatic heterocycles. The van der Waals surface area contributed by atoms with Crippen LogP contribution in [0.5, 0.6) is 0 Å². The van der Waals surface area contributed by atoms with Crippen molar-refractivity contribution in [3.05, 3.63) is 34.3 Å². The fourth-order valence-electron chi connectivity index (χ4n) is 2.50. The number of nitriles is 1. The Balaban J connectivity index is 2.08. The van der Waals surface area contributed by atoms with Crippen molar-refractivity contribution in [2.45, 2.75) is 31.8 Å². The summed E-state index contributed by atoms with van der Waals surface area (Å²) in [6.07, 6.45) is 2.11. The van der Waals surface area contributed by atoms with Gasteiger partial charge in [0.1, 0.15) is 0 Å². The molecule has 1 fully saturated rings. The molecule has 2 rings (SSSR count). The lowest BCUT2D eigenvalue weighted by atomic mass is 10.1. The molecule has 1 aliphatic rings. The maximum absolute atomic E-state index is 10.8. The van der Waals surface area contributed by atoms with Crippen LogP contribution in [0.3, 0.4) is 0 Å². The van der Waals surface area contributed by atoms with Crippen molar-refractivity contribution < 1.29 is 9.90 Å². The van der Waals surface area contributed by atoms with Crippen LogP contribution < -0.4 is 0 Å². The van der Waals surface area contributed by atoms with Crippen LogP contribution in [0.15, 0.2) is 18.2 Å². The van der Waals surface area contributed by atoms with Gasteiger partial charge in [-0.05, 0) is 37.1 Å². The summed E-state index contributed by atoms with van der Waals surface area (Å²) in [5, 5.41) is 18.3. The minimum Gasteiger partial charge on any atom is -0.481 e. The van der Waals surface area contributed by atoms with Crippen LogP contribution in [0, 0.1) is 11.3 Å². The zero-order chi connectivity index (χ0) is 13.8. The summed E-state index contributed by atoms with van der Waals surface area (Å²) in [6, 6.07) is 7.37. The van der Waals surface area contributed by atoms with E-state index in [1.807, 2.05) is 12.1 Å². The molecule has 1 saturated heterocycles. The molecular weight excluding hydrogens is 264 g/mol. The molecular formula is C14H15ClN2O2. The third-order valence-corrected chi connectivity index (χ3v) is 3.82. The second-order valence-corrected chi connectivity index (χ2v) is 5.19. The summed E-state index contributed by atoms with van der Waals surface area (Å²) in [6.45, 7) is 1.54. The summed E-state index contributed by atoms with van der Waals surface area (Å²) in [5.41, 5.74) is 1.48. The molecule has 0 bridgehead atoms. The first-order valence-electron chi connectivity index (χ1n) is 6.24. The monoisotopic (exact) mass is 278 g/mol. The van der Waals surface area contributed by atoms with E-state index in [4.69, 9.17) is 22.0 Å². The number of hydrogen-bond donors (Lipinski definition) is 1. The molecule has 0 aromatic heterocycles. The number of rotatable bonds is 4. The van der Waals surface area contributed by atoms with Gasteiger partial charge >= 0.3 is 5.97 Å². The van der Waals surface area contributed by atoms with Crippen molar-refractivity contribution in [2.75, 3.05) is 6.54 Å². The predicted molar refractivity (Wildman–Crippen MR) is 71.9 cm³/mol. The topological polar surface area (TPSA) is 64.3 Å². The Morgan fingerprint density at radius 2 is 2.37 bits per heavy atom. The van der Waals surface area contributed by atoms with Gasteiger partial charge in [-0.1, -0.05) is 17.7 Å². The number of benzene rings is 1. The van der Waals surface area contributed by atoms with Crippen molar-refractivity contribution in [3.8, 4) is 6.07 Å². The minimum atomic E-state index is -0.761. The lowest BCUT2D eigenvalue weighted by Gasteiger charge is -2.23. The second-order valence-electron chi connectivity index (χ2n) is 4.78. The number of aliphatic carboxylic acids is 1. The molecule has 1 unspecified atom stereocenters. The number of carbonyl (C=O) groups is 1. The van der Waals surface area contributed by atoms with Crippen LogP contribution in [0.2, 0.25) is 5.02 Å². The molecule has 1 atom stereocenters. The van der Waals surface area contributed by atoms with Crippen molar-refractivity contribution in [3.63, 3.8) is 0 Å². The van der Waals surface area contributed by atoms with Crippen LogP contribution in [-0.2, 0) is 11.3 Å². The SMILES string of the molecule is N#Cc1ccc(CN2CCCC2CC(=O)O)c(Cl)c1. The third kappa shape index (κ3) is 3.46. The quantitative estimate of drug-likeness (QED) is 0.920. The molecule has 0 spiro atoms. The van der Waals surface area contributed by atoms with E-state index in [1.54, 1.807) is 12.1 Å². The Labute approximate surface area is 117 Å². The number of carboxylic acids is 1. The molecule has 4 nitrogen and oxygen atoms in total. The molecule has 0 saturated carbocycles. The first-order valence-corrected chi connectivity index (χ1v) is 6.62. The minimum absolute atomic E-state index is 0.0872. The first kappa shape index (κ1) is 13.9. The predicted octanol–water partition coefficient (Wildman–Crippen LogP) is 2.65. The lowest BCUT2D eigenvalue weighted by molar-refractivity contribution is -0.138.